The van der Waals surface area contributed by atoms with Crippen LogP contribution in [0.15, 0.2) is 24.3 Å². The second-order valence-electron chi connectivity index (χ2n) is 3.73. The van der Waals surface area contributed by atoms with Crippen molar-refractivity contribution in [2.45, 2.75) is 25.3 Å². The molecule has 0 aliphatic heterocycles. The van der Waals surface area contributed by atoms with Gasteiger partial charge in [-0.05, 0) is 11.6 Å². The van der Waals surface area contributed by atoms with Crippen molar-refractivity contribution in [3.8, 4) is 0 Å². The third kappa shape index (κ3) is 4.58. The van der Waals surface area contributed by atoms with Crippen LogP contribution in [0.4, 0.5) is 22.0 Å². The topological polar surface area (TPSA) is 32.3 Å². The van der Waals surface area contributed by atoms with Gasteiger partial charge in [0.2, 0.25) is 0 Å². The average Bonchev–Trinajstić information content (AvgIpc) is 2.28. The minimum atomic E-state index is -4.43. The second-order valence-corrected chi connectivity index (χ2v) is 3.73. The molecule has 0 aromatic heterocycles. The Morgan fingerprint density at radius 1 is 1.22 bits per heavy atom. The van der Waals surface area contributed by atoms with Gasteiger partial charge in [-0.3, -0.25) is 0 Å². The normalized spacial score (nSPS) is 13.9. The molecule has 1 rings (SSSR count). The first-order chi connectivity index (χ1) is 8.30. The maximum absolute atomic E-state index is 12.4. The summed E-state index contributed by atoms with van der Waals surface area (Å²) in [6, 6.07) is 4.54. The molecule has 0 fully saturated rings. The van der Waals surface area contributed by atoms with Crippen LogP contribution in [-0.4, -0.2) is 24.2 Å². The van der Waals surface area contributed by atoms with Crippen LogP contribution in [0, 0.1) is 0 Å². The number of aliphatic hydroxyl groups excluding tert-OH is 1. The predicted molar refractivity (Wildman–Crippen MR) is 55.2 cm³/mol. The standard InChI is InChI=1S/C11H12F5NO/c12-10(13)9(18)6-17-5-7-2-1-3-8(4-7)11(14,15)16/h1-4,9-10,17-18H,5-6H2. The fraction of sp³-hybridized carbons (Fsp3) is 0.455. The Labute approximate surface area is 100 Å². The average molecular weight is 269 g/mol. The van der Waals surface area contributed by atoms with Crippen LogP contribution < -0.4 is 5.32 Å². The molecule has 0 aliphatic carbocycles. The molecule has 102 valence electrons. The van der Waals surface area contributed by atoms with Gasteiger partial charge in [0.05, 0.1) is 5.56 Å². The van der Waals surface area contributed by atoms with Gasteiger partial charge in [-0.2, -0.15) is 13.2 Å². The summed E-state index contributed by atoms with van der Waals surface area (Å²) < 4.78 is 61.0. The maximum atomic E-state index is 12.4. The van der Waals surface area contributed by atoms with Crippen molar-refractivity contribution < 1.29 is 27.1 Å². The molecule has 2 nitrogen and oxygen atoms in total. The second kappa shape index (κ2) is 6.10. The van der Waals surface area contributed by atoms with E-state index in [1.54, 1.807) is 0 Å². The van der Waals surface area contributed by atoms with Gasteiger partial charge in [0.15, 0.2) is 0 Å². The molecule has 7 heteroatoms. The van der Waals surface area contributed by atoms with E-state index in [1.165, 1.54) is 12.1 Å². The summed E-state index contributed by atoms with van der Waals surface area (Å²) in [7, 11) is 0. The van der Waals surface area contributed by atoms with E-state index < -0.39 is 24.3 Å². The highest BCUT2D eigenvalue weighted by Gasteiger charge is 2.30. The first-order valence-corrected chi connectivity index (χ1v) is 5.14. The van der Waals surface area contributed by atoms with Crippen LogP contribution in [0.2, 0.25) is 0 Å². The number of halogens is 5. The summed E-state index contributed by atoms with van der Waals surface area (Å²) in [5.41, 5.74) is -0.484. The van der Waals surface area contributed by atoms with Gasteiger partial charge < -0.3 is 10.4 Å². The van der Waals surface area contributed by atoms with Gasteiger partial charge in [-0.1, -0.05) is 18.2 Å². The molecule has 0 spiro atoms. The van der Waals surface area contributed by atoms with Crippen molar-refractivity contribution in [2.24, 2.45) is 0 Å². The monoisotopic (exact) mass is 269 g/mol. The maximum Gasteiger partial charge on any atom is 0.416 e. The van der Waals surface area contributed by atoms with E-state index in [0.29, 0.717) is 5.56 Å². The molecule has 0 saturated heterocycles. The molecule has 1 aromatic carbocycles. The number of benzene rings is 1. The third-order valence-corrected chi connectivity index (χ3v) is 2.23. The lowest BCUT2D eigenvalue weighted by atomic mass is 10.1. The third-order valence-electron chi connectivity index (χ3n) is 2.23. The summed E-state index contributed by atoms with van der Waals surface area (Å²) in [5, 5.41) is 11.3. The Hall–Kier alpha value is -1.21. The number of hydrogen-bond donors (Lipinski definition) is 2. The van der Waals surface area contributed by atoms with E-state index in [1.807, 2.05) is 0 Å². The van der Waals surface area contributed by atoms with Gasteiger partial charge in [-0.15, -0.1) is 0 Å². The smallest absolute Gasteiger partial charge is 0.386 e. The molecule has 18 heavy (non-hydrogen) atoms. The molecule has 0 heterocycles. The first kappa shape index (κ1) is 14.8. The Bertz CT molecular complexity index is 380. The Morgan fingerprint density at radius 3 is 2.44 bits per heavy atom. The molecule has 0 saturated carbocycles. The first-order valence-electron chi connectivity index (χ1n) is 5.14. The van der Waals surface area contributed by atoms with Gasteiger partial charge in [0.25, 0.3) is 6.43 Å². The van der Waals surface area contributed by atoms with Crippen LogP contribution in [0.25, 0.3) is 0 Å². The van der Waals surface area contributed by atoms with E-state index >= 15 is 0 Å². The quantitative estimate of drug-likeness (QED) is 0.805. The van der Waals surface area contributed by atoms with Crippen molar-refractivity contribution in [1.82, 2.24) is 5.32 Å². The van der Waals surface area contributed by atoms with E-state index in [4.69, 9.17) is 5.11 Å². The largest absolute Gasteiger partial charge is 0.416 e. The molecule has 0 bridgehead atoms. The zero-order chi connectivity index (χ0) is 13.8. The fourth-order valence-electron chi connectivity index (χ4n) is 1.31. The van der Waals surface area contributed by atoms with Crippen molar-refractivity contribution in [3.05, 3.63) is 35.4 Å². The summed E-state index contributed by atoms with van der Waals surface area (Å²) >= 11 is 0. The lowest BCUT2D eigenvalue weighted by Crippen LogP contribution is -2.31. The van der Waals surface area contributed by atoms with Crippen LogP contribution >= 0.6 is 0 Å². The zero-order valence-corrected chi connectivity index (χ0v) is 9.22. The van der Waals surface area contributed by atoms with Crippen molar-refractivity contribution >= 4 is 0 Å². The molecule has 1 unspecified atom stereocenters. The number of aliphatic hydroxyl groups is 1. The van der Waals surface area contributed by atoms with Gasteiger partial charge in [0, 0.05) is 13.1 Å². The van der Waals surface area contributed by atoms with E-state index in [0.717, 1.165) is 12.1 Å². The predicted octanol–water partition coefficient (Wildman–Crippen LogP) is 2.42. The Kier molecular flexibility index (Phi) is 5.03. The SMILES string of the molecule is OC(CNCc1cccc(C(F)(F)F)c1)C(F)F. The highest BCUT2D eigenvalue weighted by atomic mass is 19.4. The molecule has 1 aromatic rings. The molecule has 0 aliphatic rings. The van der Waals surface area contributed by atoms with E-state index in [9.17, 15) is 22.0 Å². The van der Waals surface area contributed by atoms with Crippen LogP contribution in [0.1, 0.15) is 11.1 Å². The Balaban J connectivity index is 2.53. The van der Waals surface area contributed by atoms with Gasteiger partial charge in [-0.25, -0.2) is 8.78 Å². The number of rotatable bonds is 5. The minimum Gasteiger partial charge on any atom is -0.386 e. The van der Waals surface area contributed by atoms with Crippen molar-refractivity contribution in [3.63, 3.8) is 0 Å². The highest BCUT2D eigenvalue weighted by molar-refractivity contribution is 5.25. The zero-order valence-electron chi connectivity index (χ0n) is 9.22. The molecule has 1 atom stereocenters. The van der Waals surface area contributed by atoms with Gasteiger partial charge >= 0.3 is 6.18 Å². The molecule has 2 N–H and O–H groups in total. The molecular formula is C11H12F5NO. The molecular weight excluding hydrogens is 257 g/mol. The van der Waals surface area contributed by atoms with Crippen LogP contribution in [0.3, 0.4) is 0 Å². The minimum absolute atomic E-state index is 0.0201. The number of hydrogen-bond acceptors (Lipinski definition) is 2. The van der Waals surface area contributed by atoms with Gasteiger partial charge in [0.1, 0.15) is 6.10 Å². The summed E-state index contributed by atoms with van der Waals surface area (Å²) in [5.74, 6) is 0. The summed E-state index contributed by atoms with van der Waals surface area (Å²) in [6.07, 6.45) is -9.13. The molecule has 0 radical (unpaired) electrons. The van der Waals surface area contributed by atoms with E-state index in [-0.39, 0.29) is 13.1 Å². The van der Waals surface area contributed by atoms with Crippen LogP contribution in [-0.2, 0) is 12.7 Å². The number of nitrogens with one attached hydrogen (secondary N) is 1. The highest BCUT2D eigenvalue weighted by Crippen LogP contribution is 2.29. The fourth-order valence-corrected chi connectivity index (χ4v) is 1.31. The van der Waals surface area contributed by atoms with Crippen molar-refractivity contribution in [1.29, 1.82) is 0 Å². The van der Waals surface area contributed by atoms with E-state index in [2.05, 4.69) is 5.32 Å². The molecule has 0 amide bonds. The number of alkyl halides is 5. The summed E-state index contributed by atoms with van der Waals surface area (Å²) in [4.78, 5) is 0. The lowest BCUT2D eigenvalue weighted by Gasteiger charge is -2.12. The van der Waals surface area contributed by atoms with Crippen LogP contribution in [0.5, 0.6) is 0 Å². The lowest BCUT2D eigenvalue weighted by molar-refractivity contribution is -0.137. The summed E-state index contributed by atoms with van der Waals surface area (Å²) in [6.45, 7) is -0.401. The van der Waals surface area contributed by atoms with Crippen molar-refractivity contribution in [2.75, 3.05) is 6.54 Å². The Morgan fingerprint density at radius 2 is 1.89 bits per heavy atom.